The van der Waals surface area contributed by atoms with E-state index in [1.807, 2.05) is 33.2 Å². The summed E-state index contributed by atoms with van der Waals surface area (Å²) in [5.41, 5.74) is 1.21. The minimum atomic E-state index is -0.142. The summed E-state index contributed by atoms with van der Waals surface area (Å²) in [5.74, 6) is -0.142. The summed E-state index contributed by atoms with van der Waals surface area (Å²) in [4.78, 5) is 13.8. The van der Waals surface area contributed by atoms with E-state index in [9.17, 15) is 4.79 Å². The number of carbonyl (C=O) groups excluding carboxylic acids is 1. The van der Waals surface area contributed by atoms with Gasteiger partial charge in [0.2, 0.25) is 0 Å². The number of esters is 1. The van der Waals surface area contributed by atoms with E-state index in [1.54, 1.807) is 11.3 Å². The largest absolute Gasteiger partial charge is 0.466 e. The zero-order chi connectivity index (χ0) is 13.8. The van der Waals surface area contributed by atoms with Crippen LogP contribution in [0.1, 0.15) is 24.9 Å². The molecule has 0 aliphatic rings. The first kappa shape index (κ1) is 14.0. The van der Waals surface area contributed by atoms with Crippen molar-refractivity contribution < 1.29 is 9.53 Å². The maximum absolute atomic E-state index is 11.7. The first-order chi connectivity index (χ1) is 9.13. The summed E-state index contributed by atoms with van der Waals surface area (Å²) in [6, 6.07) is 8.37. The average Bonchev–Trinajstić information content (AvgIpc) is 2.79. The molecule has 2 rings (SSSR count). The molecule has 0 aliphatic heterocycles. The van der Waals surface area contributed by atoms with Crippen LogP contribution in [0.25, 0.3) is 10.1 Å². The Morgan fingerprint density at radius 2 is 2.11 bits per heavy atom. The molecule has 19 heavy (non-hydrogen) atoms. The van der Waals surface area contributed by atoms with Gasteiger partial charge in [0.15, 0.2) is 0 Å². The van der Waals surface area contributed by atoms with E-state index in [1.165, 1.54) is 15.6 Å². The lowest BCUT2D eigenvalue weighted by molar-refractivity contribution is -0.144. The molecule has 0 radical (unpaired) electrons. The van der Waals surface area contributed by atoms with E-state index in [0.717, 1.165) is 0 Å². The molecule has 3 nitrogen and oxygen atoms in total. The molecular weight excluding hydrogens is 258 g/mol. The van der Waals surface area contributed by atoms with Crippen molar-refractivity contribution in [2.45, 2.75) is 19.4 Å². The molecule has 1 aromatic carbocycles. The summed E-state index contributed by atoms with van der Waals surface area (Å²) in [6.45, 7) is 2.27. The molecule has 0 N–H and O–H groups in total. The number of nitrogens with zero attached hydrogens (tertiary/aromatic N) is 1. The van der Waals surface area contributed by atoms with Crippen molar-refractivity contribution in [1.82, 2.24) is 4.90 Å². The molecule has 2 aromatic rings. The molecule has 0 amide bonds. The van der Waals surface area contributed by atoms with Gasteiger partial charge >= 0.3 is 5.97 Å². The summed E-state index contributed by atoms with van der Waals surface area (Å²) in [6.07, 6.45) is 0.390. The molecule has 1 unspecified atom stereocenters. The van der Waals surface area contributed by atoms with Crippen molar-refractivity contribution >= 4 is 27.4 Å². The number of fused-ring (bicyclic) bond motifs is 1. The van der Waals surface area contributed by atoms with Gasteiger partial charge in [0.1, 0.15) is 0 Å². The maximum Gasteiger partial charge on any atom is 0.307 e. The van der Waals surface area contributed by atoms with Gasteiger partial charge in [0.05, 0.1) is 13.0 Å². The average molecular weight is 277 g/mol. The molecule has 0 fully saturated rings. The fourth-order valence-corrected chi connectivity index (χ4v) is 3.21. The molecule has 0 saturated carbocycles. The Hall–Kier alpha value is -1.39. The quantitative estimate of drug-likeness (QED) is 0.784. The minimum absolute atomic E-state index is 0.0650. The summed E-state index contributed by atoms with van der Waals surface area (Å²) in [5, 5.41) is 3.38. The third-order valence-electron chi connectivity index (χ3n) is 3.16. The fourth-order valence-electron chi connectivity index (χ4n) is 2.20. The Bertz CT molecular complexity index is 562. The lowest BCUT2D eigenvalue weighted by Gasteiger charge is -2.23. The molecule has 102 valence electrons. The van der Waals surface area contributed by atoms with Crippen molar-refractivity contribution in [3.63, 3.8) is 0 Å². The predicted octanol–water partition coefficient (Wildman–Crippen LogP) is 3.46. The highest BCUT2D eigenvalue weighted by Crippen LogP contribution is 2.34. The van der Waals surface area contributed by atoms with Gasteiger partial charge in [-0.15, -0.1) is 11.3 Å². The normalized spacial score (nSPS) is 12.8. The highest BCUT2D eigenvalue weighted by Gasteiger charge is 2.21. The Balaban J connectivity index is 2.31. The molecule has 0 bridgehead atoms. The van der Waals surface area contributed by atoms with Crippen LogP contribution in [-0.2, 0) is 9.53 Å². The van der Waals surface area contributed by atoms with E-state index < -0.39 is 0 Å². The van der Waals surface area contributed by atoms with Gasteiger partial charge in [-0.1, -0.05) is 18.2 Å². The summed E-state index contributed by atoms with van der Waals surface area (Å²) in [7, 11) is 3.99. The lowest BCUT2D eigenvalue weighted by atomic mass is 10.0. The van der Waals surface area contributed by atoms with Crippen LogP contribution in [0.4, 0.5) is 0 Å². The standard InChI is InChI=1S/C15H19NO2S/c1-4-18-15(17)9-13(16(2)3)12-10-19-14-8-6-5-7-11(12)14/h5-8,10,13H,4,9H2,1-3H3. The van der Waals surface area contributed by atoms with Gasteiger partial charge in [-0.25, -0.2) is 0 Å². The van der Waals surface area contributed by atoms with E-state index in [2.05, 4.69) is 22.4 Å². The van der Waals surface area contributed by atoms with Crippen molar-refractivity contribution in [3.05, 3.63) is 35.2 Å². The maximum atomic E-state index is 11.7. The number of thiophene rings is 1. The second kappa shape index (κ2) is 6.17. The zero-order valence-electron chi connectivity index (χ0n) is 11.6. The van der Waals surface area contributed by atoms with Gasteiger partial charge < -0.3 is 9.64 Å². The molecule has 1 heterocycles. The Kier molecular flexibility index (Phi) is 4.56. The summed E-state index contributed by atoms with van der Waals surface area (Å²) < 4.78 is 6.33. The van der Waals surface area contributed by atoms with Crippen LogP contribution in [0.5, 0.6) is 0 Å². The van der Waals surface area contributed by atoms with E-state index >= 15 is 0 Å². The lowest BCUT2D eigenvalue weighted by Crippen LogP contribution is -2.23. The molecular formula is C15H19NO2S. The van der Waals surface area contributed by atoms with Crippen LogP contribution >= 0.6 is 11.3 Å². The Morgan fingerprint density at radius 1 is 1.37 bits per heavy atom. The number of hydrogen-bond acceptors (Lipinski definition) is 4. The monoisotopic (exact) mass is 277 g/mol. The predicted molar refractivity (Wildman–Crippen MR) is 79.5 cm³/mol. The topological polar surface area (TPSA) is 29.5 Å². The van der Waals surface area contributed by atoms with Crippen molar-refractivity contribution in [2.75, 3.05) is 20.7 Å². The van der Waals surface area contributed by atoms with Crippen LogP contribution in [0.15, 0.2) is 29.6 Å². The van der Waals surface area contributed by atoms with Gasteiger partial charge in [-0.2, -0.15) is 0 Å². The van der Waals surface area contributed by atoms with Crippen molar-refractivity contribution in [2.24, 2.45) is 0 Å². The highest BCUT2D eigenvalue weighted by atomic mass is 32.1. The van der Waals surface area contributed by atoms with Gasteiger partial charge in [-0.05, 0) is 43.4 Å². The van der Waals surface area contributed by atoms with Crippen LogP contribution in [0, 0.1) is 0 Å². The molecule has 0 aliphatic carbocycles. The summed E-state index contributed by atoms with van der Waals surface area (Å²) >= 11 is 1.72. The highest BCUT2D eigenvalue weighted by molar-refractivity contribution is 7.17. The van der Waals surface area contributed by atoms with E-state index in [0.29, 0.717) is 13.0 Å². The Morgan fingerprint density at radius 3 is 2.79 bits per heavy atom. The van der Waals surface area contributed by atoms with Crippen LogP contribution < -0.4 is 0 Å². The van der Waals surface area contributed by atoms with Crippen LogP contribution in [0.2, 0.25) is 0 Å². The molecule has 0 saturated heterocycles. The minimum Gasteiger partial charge on any atom is -0.466 e. The first-order valence-corrected chi connectivity index (χ1v) is 7.29. The van der Waals surface area contributed by atoms with Crippen molar-refractivity contribution in [3.8, 4) is 0 Å². The van der Waals surface area contributed by atoms with Crippen LogP contribution in [0.3, 0.4) is 0 Å². The second-order valence-electron chi connectivity index (χ2n) is 4.68. The SMILES string of the molecule is CCOC(=O)CC(c1csc2ccccc12)N(C)C. The fraction of sp³-hybridized carbons (Fsp3) is 0.400. The number of carbonyl (C=O) groups is 1. The molecule has 4 heteroatoms. The van der Waals surface area contributed by atoms with Gasteiger partial charge in [-0.3, -0.25) is 4.79 Å². The number of ether oxygens (including phenoxy) is 1. The van der Waals surface area contributed by atoms with Gasteiger partial charge in [0, 0.05) is 10.7 Å². The number of benzene rings is 1. The van der Waals surface area contributed by atoms with E-state index in [-0.39, 0.29) is 12.0 Å². The first-order valence-electron chi connectivity index (χ1n) is 6.41. The smallest absolute Gasteiger partial charge is 0.307 e. The number of rotatable bonds is 5. The number of hydrogen-bond donors (Lipinski definition) is 0. The van der Waals surface area contributed by atoms with E-state index in [4.69, 9.17) is 4.74 Å². The second-order valence-corrected chi connectivity index (χ2v) is 5.59. The van der Waals surface area contributed by atoms with Crippen molar-refractivity contribution in [1.29, 1.82) is 0 Å². The van der Waals surface area contributed by atoms with Gasteiger partial charge in [0.25, 0.3) is 0 Å². The molecule has 1 atom stereocenters. The third kappa shape index (κ3) is 3.14. The zero-order valence-corrected chi connectivity index (χ0v) is 12.4. The molecule has 0 spiro atoms. The Labute approximate surface area is 117 Å². The molecule has 1 aromatic heterocycles. The van der Waals surface area contributed by atoms with Crippen LogP contribution in [-0.4, -0.2) is 31.6 Å². The third-order valence-corrected chi connectivity index (χ3v) is 4.14.